The van der Waals surface area contributed by atoms with Gasteiger partial charge in [-0.15, -0.1) is 11.8 Å². The lowest BCUT2D eigenvalue weighted by atomic mass is 9.89. The number of thioether (sulfide) groups is 1. The number of rotatable bonds is 5. The number of para-hydroxylation sites is 1. The van der Waals surface area contributed by atoms with Gasteiger partial charge < -0.3 is 19.5 Å². The highest BCUT2D eigenvalue weighted by molar-refractivity contribution is 8.00. The maximum atomic E-state index is 12.5. The molecule has 0 radical (unpaired) electrons. The molecule has 0 saturated carbocycles. The van der Waals surface area contributed by atoms with Crippen molar-refractivity contribution in [1.82, 2.24) is 14.8 Å². The highest BCUT2D eigenvalue weighted by atomic mass is 32.2. The van der Waals surface area contributed by atoms with E-state index in [-0.39, 0.29) is 11.8 Å². The van der Waals surface area contributed by atoms with Crippen LogP contribution in [0.2, 0.25) is 0 Å². The molecule has 0 spiro atoms. The SMILES string of the molecule is O=C(CSCC(=O)N1CCC(c2c[nH]c3ccccc23)CC1)N1CCOCC1. The first-order valence-corrected chi connectivity index (χ1v) is 11.1. The molecule has 0 bridgehead atoms. The number of aromatic amines is 1. The number of morpholine rings is 1. The van der Waals surface area contributed by atoms with Crippen LogP contribution in [0.5, 0.6) is 0 Å². The van der Waals surface area contributed by atoms with Crippen LogP contribution in [-0.2, 0) is 14.3 Å². The average Bonchev–Trinajstić information content (AvgIpc) is 3.18. The molecule has 4 rings (SSSR count). The van der Waals surface area contributed by atoms with E-state index in [1.165, 1.54) is 28.2 Å². The maximum absolute atomic E-state index is 12.5. The van der Waals surface area contributed by atoms with E-state index in [1.807, 2.05) is 15.9 Å². The van der Waals surface area contributed by atoms with Crippen molar-refractivity contribution in [1.29, 1.82) is 0 Å². The number of aromatic nitrogens is 1. The van der Waals surface area contributed by atoms with Crippen molar-refractivity contribution in [3.05, 3.63) is 36.0 Å². The zero-order valence-corrected chi connectivity index (χ0v) is 16.9. The second-order valence-electron chi connectivity index (χ2n) is 7.43. The molecule has 1 N–H and O–H groups in total. The molecule has 2 saturated heterocycles. The van der Waals surface area contributed by atoms with E-state index in [4.69, 9.17) is 4.74 Å². The predicted molar refractivity (Wildman–Crippen MR) is 112 cm³/mol. The Labute approximate surface area is 169 Å². The van der Waals surface area contributed by atoms with Gasteiger partial charge in [-0.1, -0.05) is 18.2 Å². The molecule has 7 heteroatoms. The largest absolute Gasteiger partial charge is 0.378 e. The van der Waals surface area contributed by atoms with Gasteiger partial charge in [0.15, 0.2) is 0 Å². The molecule has 2 aliphatic rings. The number of fused-ring (bicyclic) bond motifs is 1. The fraction of sp³-hybridized carbons (Fsp3) is 0.524. The molecular weight excluding hydrogens is 374 g/mol. The summed E-state index contributed by atoms with van der Waals surface area (Å²) in [6.45, 7) is 4.13. The van der Waals surface area contributed by atoms with Gasteiger partial charge in [0.1, 0.15) is 0 Å². The van der Waals surface area contributed by atoms with E-state index < -0.39 is 0 Å². The molecule has 0 aliphatic carbocycles. The summed E-state index contributed by atoms with van der Waals surface area (Å²) in [6, 6.07) is 8.40. The Hall–Kier alpha value is -1.99. The quantitative estimate of drug-likeness (QED) is 0.836. The Morgan fingerprint density at radius 3 is 2.36 bits per heavy atom. The Kier molecular flexibility index (Phi) is 6.22. The van der Waals surface area contributed by atoms with E-state index in [9.17, 15) is 9.59 Å². The first-order chi connectivity index (χ1) is 13.7. The van der Waals surface area contributed by atoms with E-state index in [2.05, 4.69) is 29.4 Å². The number of piperidine rings is 1. The minimum atomic E-state index is 0.110. The lowest BCUT2D eigenvalue weighted by Gasteiger charge is -2.32. The highest BCUT2D eigenvalue weighted by Gasteiger charge is 2.25. The third-order valence-electron chi connectivity index (χ3n) is 5.72. The van der Waals surface area contributed by atoms with Crippen molar-refractivity contribution in [3.63, 3.8) is 0 Å². The number of carbonyl (C=O) groups excluding carboxylic acids is 2. The first-order valence-electron chi connectivity index (χ1n) is 9.99. The van der Waals surface area contributed by atoms with Crippen LogP contribution >= 0.6 is 11.8 Å². The van der Waals surface area contributed by atoms with Crippen molar-refractivity contribution >= 4 is 34.5 Å². The third-order valence-corrected chi connectivity index (χ3v) is 6.63. The number of likely N-dealkylation sites (tertiary alicyclic amines) is 1. The summed E-state index contributed by atoms with van der Waals surface area (Å²) in [7, 11) is 0. The van der Waals surface area contributed by atoms with Crippen LogP contribution in [0.1, 0.15) is 24.3 Å². The number of hydrogen-bond donors (Lipinski definition) is 1. The zero-order chi connectivity index (χ0) is 19.3. The number of carbonyl (C=O) groups is 2. The van der Waals surface area contributed by atoms with Crippen molar-refractivity contribution in [2.75, 3.05) is 50.9 Å². The summed E-state index contributed by atoms with van der Waals surface area (Å²) in [6.07, 6.45) is 4.11. The van der Waals surface area contributed by atoms with E-state index in [1.54, 1.807) is 0 Å². The van der Waals surface area contributed by atoms with Crippen LogP contribution in [0.4, 0.5) is 0 Å². The summed E-state index contributed by atoms with van der Waals surface area (Å²) in [5.74, 6) is 1.51. The molecule has 1 aromatic carbocycles. The molecule has 28 heavy (non-hydrogen) atoms. The lowest BCUT2D eigenvalue weighted by molar-refractivity contribution is -0.132. The number of amides is 2. The predicted octanol–water partition coefficient (Wildman–Crippen LogP) is 2.47. The second-order valence-corrected chi connectivity index (χ2v) is 8.42. The Bertz CT molecular complexity index is 823. The monoisotopic (exact) mass is 401 g/mol. The lowest BCUT2D eigenvalue weighted by Crippen LogP contribution is -2.42. The number of nitrogens with zero attached hydrogens (tertiary/aromatic N) is 2. The fourth-order valence-corrected chi connectivity index (χ4v) is 4.91. The molecule has 6 nitrogen and oxygen atoms in total. The molecular formula is C21H27N3O3S. The van der Waals surface area contributed by atoms with Gasteiger partial charge >= 0.3 is 0 Å². The second kappa shape index (κ2) is 9.01. The molecule has 3 heterocycles. The minimum Gasteiger partial charge on any atom is -0.378 e. The molecule has 2 amide bonds. The standard InChI is InChI=1S/C21H27N3O3S/c25-20(14-28-15-21(26)24-9-11-27-12-10-24)23-7-5-16(6-8-23)18-13-22-19-4-2-1-3-17(18)19/h1-4,13,16,22H,5-12,14-15H2. The normalized spacial score (nSPS) is 18.6. The Morgan fingerprint density at radius 2 is 1.64 bits per heavy atom. The van der Waals surface area contributed by atoms with Crippen molar-refractivity contribution in [2.45, 2.75) is 18.8 Å². The summed E-state index contributed by atoms with van der Waals surface area (Å²) < 4.78 is 5.27. The van der Waals surface area contributed by atoms with Gasteiger partial charge in [-0.05, 0) is 30.4 Å². The molecule has 150 valence electrons. The third kappa shape index (κ3) is 4.36. The van der Waals surface area contributed by atoms with E-state index >= 15 is 0 Å². The van der Waals surface area contributed by atoms with E-state index in [0.29, 0.717) is 43.7 Å². The van der Waals surface area contributed by atoms with Gasteiger partial charge in [0.25, 0.3) is 0 Å². The van der Waals surface area contributed by atoms with Gasteiger partial charge in [-0.2, -0.15) is 0 Å². The highest BCUT2D eigenvalue weighted by Crippen LogP contribution is 2.33. The molecule has 0 unspecified atom stereocenters. The van der Waals surface area contributed by atoms with Crippen LogP contribution in [-0.4, -0.2) is 77.5 Å². The summed E-state index contributed by atoms with van der Waals surface area (Å²) in [5, 5.41) is 1.30. The molecule has 0 atom stereocenters. The number of ether oxygens (including phenoxy) is 1. The van der Waals surface area contributed by atoms with Crippen LogP contribution < -0.4 is 0 Å². The van der Waals surface area contributed by atoms with Crippen LogP contribution in [0, 0.1) is 0 Å². The van der Waals surface area contributed by atoms with Crippen molar-refractivity contribution in [3.8, 4) is 0 Å². The number of H-pyrrole nitrogens is 1. The summed E-state index contributed by atoms with van der Waals surface area (Å²) >= 11 is 1.43. The maximum Gasteiger partial charge on any atom is 0.232 e. The first kappa shape index (κ1) is 19.3. The summed E-state index contributed by atoms with van der Waals surface area (Å²) in [4.78, 5) is 31.8. The van der Waals surface area contributed by atoms with Crippen LogP contribution in [0.25, 0.3) is 10.9 Å². The molecule has 2 aromatic rings. The number of nitrogens with one attached hydrogen (secondary N) is 1. The topological polar surface area (TPSA) is 65.6 Å². The smallest absolute Gasteiger partial charge is 0.232 e. The van der Waals surface area contributed by atoms with Gasteiger partial charge in [0, 0.05) is 43.3 Å². The van der Waals surface area contributed by atoms with Crippen LogP contribution in [0.15, 0.2) is 30.5 Å². The van der Waals surface area contributed by atoms with Gasteiger partial charge in [0.05, 0.1) is 24.7 Å². The Balaban J connectivity index is 1.22. The molecule has 2 aliphatic heterocycles. The fourth-order valence-electron chi connectivity index (χ4n) is 4.09. The minimum absolute atomic E-state index is 0.110. The number of hydrogen-bond acceptors (Lipinski definition) is 4. The van der Waals surface area contributed by atoms with Crippen LogP contribution in [0.3, 0.4) is 0 Å². The molecule has 2 fully saturated rings. The zero-order valence-electron chi connectivity index (χ0n) is 16.1. The van der Waals surface area contributed by atoms with Crippen molar-refractivity contribution in [2.24, 2.45) is 0 Å². The van der Waals surface area contributed by atoms with Gasteiger partial charge in [0.2, 0.25) is 11.8 Å². The van der Waals surface area contributed by atoms with Gasteiger partial charge in [-0.3, -0.25) is 9.59 Å². The number of benzene rings is 1. The Morgan fingerprint density at radius 1 is 1.00 bits per heavy atom. The van der Waals surface area contributed by atoms with E-state index in [0.717, 1.165) is 25.9 Å². The van der Waals surface area contributed by atoms with Gasteiger partial charge in [-0.25, -0.2) is 0 Å². The summed E-state index contributed by atoms with van der Waals surface area (Å²) in [5.41, 5.74) is 2.55. The molecule has 1 aromatic heterocycles. The average molecular weight is 402 g/mol. The van der Waals surface area contributed by atoms with Crippen molar-refractivity contribution < 1.29 is 14.3 Å².